The first-order chi connectivity index (χ1) is 15.8. The van der Waals surface area contributed by atoms with E-state index >= 15 is 0 Å². The van der Waals surface area contributed by atoms with Crippen LogP contribution in [0.25, 0.3) is 0 Å². The molecule has 1 aromatic heterocycles. The van der Waals surface area contributed by atoms with Gasteiger partial charge in [0.05, 0.1) is 0 Å². The summed E-state index contributed by atoms with van der Waals surface area (Å²) in [5, 5.41) is 2.39. The zero-order valence-electron chi connectivity index (χ0n) is 18.5. The van der Waals surface area contributed by atoms with Gasteiger partial charge in [-0.25, -0.2) is 4.39 Å². The molecule has 2 aromatic carbocycles. The molecule has 1 amide bonds. The Morgan fingerprint density at radius 2 is 1.67 bits per heavy atom. The second-order valence-electron chi connectivity index (χ2n) is 7.46. The van der Waals surface area contributed by atoms with Crippen molar-refractivity contribution in [2.24, 2.45) is 0 Å². The number of ketones is 1. The fraction of sp³-hybridized carbons (Fsp3) is 0.240. The van der Waals surface area contributed by atoms with Crippen molar-refractivity contribution in [3.05, 3.63) is 89.0 Å². The Hall–Kier alpha value is -3.94. The van der Waals surface area contributed by atoms with Gasteiger partial charge in [-0.15, -0.1) is 0 Å². The fourth-order valence-corrected chi connectivity index (χ4v) is 3.26. The van der Waals surface area contributed by atoms with Crippen molar-refractivity contribution in [3.63, 3.8) is 0 Å². The maximum absolute atomic E-state index is 13.1. The zero-order valence-corrected chi connectivity index (χ0v) is 18.5. The standard InChI is InChI=1S/C25H25FN2O5/c1-17-12-22(18(2)28(17)14-19-8-10-20(26)11-9-19)23(29)15-33-25(31)13-27-24(30)16-32-21-6-4-3-5-7-21/h3-12H,13-16H2,1-2H3,(H,27,30). The van der Waals surface area contributed by atoms with E-state index < -0.39 is 18.5 Å². The predicted octanol–water partition coefficient (Wildman–Crippen LogP) is 3.21. The Labute approximate surface area is 191 Å². The minimum absolute atomic E-state index is 0.240. The Morgan fingerprint density at radius 1 is 0.970 bits per heavy atom. The number of Topliss-reactive ketones (excluding diaryl/α,β-unsaturated/α-hetero) is 1. The smallest absolute Gasteiger partial charge is 0.325 e. The lowest BCUT2D eigenvalue weighted by molar-refractivity contribution is -0.143. The minimum atomic E-state index is -0.725. The molecule has 3 rings (SSSR count). The first-order valence-electron chi connectivity index (χ1n) is 10.4. The van der Waals surface area contributed by atoms with Crippen LogP contribution in [0.4, 0.5) is 4.39 Å². The largest absolute Gasteiger partial charge is 0.484 e. The molecule has 0 fully saturated rings. The SMILES string of the molecule is Cc1cc(C(=O)COC(=O)CNC(=O)COc2ccccc2)c(C)n1Cc1ccc(F)cc1. The Balaban J connectivity index is 1.46. The number of hydrogen-bond acceptors (Lipinski definition) is 5. The molecule has 0 radical (unpaired) electrons. The Bertz CT molecular complexity index is 1120. The molecule has 172 valence electrons. The lowest BCUT2D eigenvalue weighted by Gasteiger charge is -2.10. The van der Waals surface area contributed by atoms with Gasteiger partial charge in [0.1, 0.15) is 18.1 Å². The lowest BCUT2D eigenvalue weighted by atomic mass is 10.1. The van der Waals surface area contributed by atoms with Crippen LogP contribution in [-0.2, 0) is 20.9 Å². The van der Waals surface area contributed by atoms with Gasteiger partial charge in [0.25, 0.3) is 5.91 Å². The van der Waals surface area contributed by atoms with Crippen LogP contribution in [0.15, 0.2) is 60.7 Å². The summed E-state index contributed by atoms with van der Waals surface area (Å²) in [4.78, 5) is 36.3. The fourth-order valence-electron chi connectivity index (χ4n) is 3.26. The number of esters is 1. The first kappa shape index (κ1) is 23.7. The summed E-state index contributed by atoms with van der Waals surface area (Å²) < 4.78 is 25.4. The molecule has 0 saturated carbocycles. The van der Waals surface area contributed by atoms with Gasteiger partial charge in [0.2, 0.25) is 5.78 Å². The Kier molecular flexibility index (Phi) is 7.96. The van der Waals surface area contributed by atoms with Crippen molar-refractivity contribution in [2.75, 3.05) is 19.8 Å². The van der Waals surface area contributed by atoms with Crippen molar-refractivity contribution in [3.8, 4) is 5.75 Å². The van der Waals surface area contributed by atoms with Crippen LogP contribution >= 0.6 is 0 Å². The second-order valence-corrected chi connectivity index (χ2v) is 7.46. The number of hydrogen-bond donors (Lipinski definition) is 1. The number of carbonyl (C=O) groups excluding carboxylic acids is 3. The normalized spacial score (nSPS) is 10.5. The molecule has 1 heterocycles. The van der Waals surface area contributed by atoms with Gasteiger partial charge in [-0.1, -0.05) is 30.3 Å². The minimum Gasteiger partial charge on any atom is -0.484 e. The number of rotatable bonds is 10. The van der Waals surface area contributed by atoms with Gasteiger partial charge in [-0.05, 0) is 49.7 Å². The monoisotopic (exact) mass is 452 g/mol. The van der Waals surface area contributed by atoms with Crippen LogP contribution in [0, 0.1) is 19.7 Å². The molecule has 0 atom stereocenters. The van der Waals surface area contributed by atoms with Gasteiger partial charge in [0, 0.05) is 23.5 Å². The third kappa shape index (κ3) is 6.77. The van der Waals surface area contributed by atoms with E-state index in [1.807, 2.05) is 17.6 Å². The van der Waals surface area contributed by atoms with Gasteiger partial charge in [-0.2, -0.15) is 0 Å². The molecule has 3 aromatic rings. The van der Waals surface area contributed by atoms with Crippen molar-refractivity contribution in [1.82, 2.24) is 9.88 Å². The summed E-state index contributed by atoms with van der Waals surface area (Å²) in [6.07, 6.45) is 0. The van der Waals surface area contributed by atoms with E-state index in [2.05, 4.69) is 5.32 Å². The van der Waals surface area contributed by atoms with E-state index in [1.54, 1.807) is 49.4 Å². The maximum atomic E-state index is 13.1. The highest BCUT2D eigenvalue weighted by molar-refractivity contribution is 5.99. The predicted molar refractivity (Wildman–Crippen MR) is 120 cm³/mol. The van der Waals surface area contributed by atoms with E-state index in [0.29, 0.717) is 17.9 Å². The van der Waals surface area contributed by atoms with Gasteiger partial charge >= 0.3 is 5.97 Å². The summed E-state index contributed by atoms with van der Waals surface area (Å²) in [6.45, 7) is 3.12. The molecule has 7 nitrogen and oxygen atoms in total. The van der Waals surface area contributed by atoms with E-state index in [1.165, 1.54) is 12.1 Å². The first-order valence-corrected chi connectivity index (χ1v) is 10.4. The summed E-state index contributed by atoms with van der Waals surface area (Å²) in [6, 6.07) is 16.7. The second kappa shape index (κ2) is 11.1. The van der Waals surface area contributed by atoms with Crippen LogP contribution in [0.1, 0.15) is 27.3 Å². The highest BCUT2D eigenvalue weighted by Gasteiger charge is 2.18. The number of halogens is 1. The number of ether oxygens (including phenoxy) is 2. The number of nitrogens with zero attached hydrogens (tertiary/aromatic N) is 1. The van der Waals surface area contributed by atoms with Gasteiger partial charge in [-0.3, -0.25) is 14.4 Å². The molecule has 0 bridgehead atoms. The summed E-state index contributed by atoms with van der Waals surface area (Å²) in [5.74, 6) is -1.32. The number of para-hydroxylation sites is 1. The number of nitrogens with one attached hydrogen (secondary N) is 1. The summed E-state index contributed by atoms with van der Waals surface area (Å²) >= 11 is 0. The third-order valence-corrected chi connectivity index (χ3v) is 5.04. The topological polar surface area (TPSA) is 86.6 Å². The van der Waals surface area contributed by atoms with Gasteiger partial charge in [0.15, 0.2) is 13.2 Å². The molecule has 33 heavy (non-hydrogen) atoms. The van der Waals surface area contributed by atoms with Crippen molar-refractivity contribution in [1.29, 1.82) is 0 Å². The highest BCUT2D eigenvalue weighted by Crippen LogP contribution is 2.18. The van der Waals surface area contributed by atoms with Gasteiger partial charge < -0.3 is 19.4 Å². The number of aryl methyl sites for hydroxylation is 1. The van der Waals surface area contributed by atoms with Crippen LogP contribution in [-0.4, -0.2) is 42.0 Å². The van der Waals surface area contributed by atoms with Crippen molar-refractivity contribution < 1.29 is 28.2 Å². The molecule has 0 unspecified atom stereocenters. The average Bonchev–Trinajstić information content (AvgIpc) is 3.10. The molecular weight excluding hydrogens is 427 g/mol. The quantitative estimate of drug-likeness (QED) is 0.377. The lowest BCUT2D eigenvalue weighted by Crippen LogP contribution is -2.34. The summed E-state index contributed by atoms with van der Waals surface area (Å²) in [7, 11) is 0. The van der Waals surface area contributed by atoms with E-state index in [-0.39, 0.29) is 24.8 Å². The highest BCUT2D eigenvalue weighted by atomic mass is 19.1. The van der Waals surface area contributed by atoms with E-state index in [9.17, 15) is 18.8 Å². The molecule has 8 heteroatoms. The molecule has 0 aliphatic rings. The van der Waals surface area contributed by atoms with E-state index in [4.69, 9.17) is 9.47 Å². The molecule has 1 N–H and O–H groups in total. The zero-order chi connectivity index (χ0) is 23.8. The Morgan fingerprint density at radius 3 is 2.36 bits per heavy atom. The molecule has 0 spiro atoms. The number of benzene rings is 2. The van der Waals surface area contributed by atoms with Crippen LogP contribution in [0.3, 0.4) is 0 Å². The molecular formula is C25H25FN2O5. The van der Waals surface area contributed by atoms with E-state index in [0.717, 1.165) is 17.0 Å². The van der Waals surface area contributed by atoms with Crippen molar-refractivity contribution in [2.45, 2.75) is 20.4 Å². The average molecular weight is 452 g/mol. The van der Waals surface area contributed by atoms with Crippen LogP contribution in [0.5, 0.6) is 5.75 Å². The summed E-state index contributed by atoms with van der Waals surface area (Å²) in [5.41, 5.74) is 2.93. The molecule has 0 saturated heterocycles. The van der Waals surface area contributed by atoms with Crippen LogP contribution in [0.2, 0.25) is 0 Å². The number of aromatic nitrogens is 1. The van der Waals surface area contributed by atoms with Crippen LogP contribution < -0.4 is 10.1 Å². The third-order valence-electron chi connectivity index (χ3n) is 5.04. The number of amides is 1. The number of carbonyl (C=O) groups is 3. The maximum Gasteiger partial charge on any atom is 0.325 e. The van der Waals surface area contributed by atoms with Crippen molar-refractivity contribution >= 4 is 17.7 Å². The molecule has 0 aliphatic carbocycles. The molecule has 0 aliphatic heterocycles.